The van der Waals surface area contributed by atoms with Gasteiger partial charge in [0.1, 0.15) is 16.8 Å². The van der Waals surface area contributed by atoms with Gasteiger partial charge in [-0.2, -0.15) is 4.57 Å². The zero-order valence-electron chi connectivity index (χ0n) is 33.8. The molecule has 0 N–H and O–H groups in total. The first kappa shape index (κ1) is 34.2. The van der Waals surface area contributed by atoms with Crippen LogP contribution in [-0.4, -0.2) is 12.6 Å². The van der Waals surface area contributed by atoms with E-state index < -0.39 is 13.7 Å². The highest BCUT2D eigenvalue weighted by Gasteiger charge is 2.67. The monoisotopic (exact) mass is 757 g/mol. The number of hydrogen-bond acceptors (Lipinski definition) is 1. The molecule has 0 radical (unpaired) electrons. The SMILES string of the molecule is Cc1ccc2c(c1)C1(c3ccc4c(oc5ccccc54)c3-c3n(-c4ccccc4-c4ccccc4)c4ccccc4[n+]31)[n+]1cc([Si](C)(C)C)c(CC(C)(C)C)cc1-2. The van der Waals surface area contributed by atoms with E-state index in [4.69, 9.17) is 4.42 Å². The predicted octanol–water partition coefficient (Wildman–Crippen LogP) is 11.5. The van der Waals surface area contributed by atoms with Gasteiger partial charge in [0.2, 0.25) is 5.69 Å². The van der Waals surface area contributed by atoms with Crippen LogP contribution in [0.15, 0.2) is 150 Å². The van der Waals surface area contributed by atoms with Crippen LogP contribution in [0.3, 0.4) is 0 Å². The molecule has 5 heteroatoms. The number of benzene rings is 6. The van der Waals surface area contributed by atoms with Gasteiger partial charge in [-0.05, 0) is 78.4 Å². The summed E-state index contributed by atoms with van der Waals surface area (Å²) in [5, 5.41) is 3.79. The first-order valence-corrected chi connectivity index (χ1v) is 23.8. The highest BCUT2D eigenvalue weighted by Crippen LogP contribution is 2.53. The number of hydrogen-bond donors (Lipinski definition) is 0. The Kier molecular flexibility index (Phi) is 7.05. The van der Waals surface area contributed by atoms with E-state index in [1.54, 1.807) is 0 Å². The molecule has 1 spiro atoms. The van der Waals surface area contributed by atoms with E-state index in [9.17, 15) is 0 Å². The minimum Gasteiger partial charge on any atom is -0.455 e. The van der Waals surface area contributed by atoms with Crippen molar-refractivity contribution in [2.24, 2.45) is 5.41 Å². The molecule has 0 fully saturated rings. The van der Waals surface area contributed by atoms with Gasteiger partial charge in [-0.15, -0.1) is 9.13 Å². The Morgan fingerprint density at radius 3 is 2.25 bits per heavy atom. The van der Waals surface area contributed by atoms with Crippen LogP contribution in [0.4, 0.5) is 0 Å². The molecule has 0 saturated heterocycles. The van der Waals surface area contributed by atoms with Crippen LogP contribution in [0.1, 0.15) is 43.0 Å². The standard InChI is InChI=1S/C52H47N3OSi/c1-33-25-26-39-41(29-33)52(53-32-47(57(5,6)7)35(30-45(39)53)31-51(2,3)4)40-28-27-38-37-20-12-16-24-46(37)56-49(38)48(40)50-54(43-22-14-15-23-44(43)55(50)52)42-21-13-11-19-36(42)34-17-9-8-10-18-34/h8-30,32H,31H2,1-7H3/q+2. The van der Waals surface area contributed by atoms with Crippen LogP contribution in [0.25, 0.3) is 72.4 Å². The molecule has 0 bridgehead atoms. The molecule has 6 aromatic carbocycles. The minimum absolute atomic E-state index is 0.147. The van der Waals surface area contributed by atoms with Crippen LogP contribution >= 0.6 is 0 Å². The summed E-state index contributed by atoms with van der Waals surface area (Å²) in [4.78, 5) is 0. The van der Waals surface area contributed by atoms with E-state index in [1.807, 2.05) is 0 Å². The van der Waals surface area contributed by atoms with Crippen molar-refractivity contribution in [2.75, 3.05) is 0 Å². The lowest BCUT2D eigenvalue weighted by molar-refractivity contribution is -0.944. The fraction of sp³-hybridized carbons (Fsp3) is 0.192. The average molecular weight is 758 g/mol. The zero-order chi connectivity index (χ0) is 39.0. The zero-order valence-corrected chi connectivity index (χ0v) is 34.8. The fourth-order valence-corrected chi connectivity index (χ4v) is 11.8. The van der Waals surface area contributed by atoms with Crippen molar-refractivity contribution in [2.45, 2.75) is 59.4 Å². The number of aromatic nitrogens is 3. The number of furan rings is 1. The van der Waals surface area contributed by atoms with Crippen molar-refractivity contribution in [1.82, 2.24) is 4.57 Å². The van der Waals surface area contributed by atoms with Crippen LogP contribution in [0, 0.1) is 12.3 Å². The van der Waals surface area contributed by atoms with Crippen molar-refractivity contribution in [1.29, 1.82) is 0 Å². The predicted molar refractivity (Wildman–Crippen MR) is 236 cm³/mol. The number of rotatable bonds is 4. The van der Waals surface area contributed by atoms with E-state index in [0.717, 1.165) is 51.0 Å². The van der Waals surface area contributed by atoms with E-state index in [1.165, 1.54) is 55.3 Å². The van der Waals surface area contributed by atoms with Crippen molar-refractivity contribution >= 4 is 46.2 Å². The molecule has 0 aliphatic carbocycles. The third-order valence-electron chi connectivity index (χ3n) is 12.4. The second-order valence-electron chi connectivity index (χ2n) is 18.5. The summed E-state index contributed by atoms with van der Waals surface area (Å²) in [5.74, 6) is 1.13. The lowest BCUT2D eigenvalue weighted by Gasteiger charge is -2.26. The maximum Gasteiger partial charge on any atom is 0.364 e. The maximum atomic E-state index is 7.08. The third kappa shape index (κ3) is 4.72. The van der Waals surface area contributed by atoms with Crippen molar-refractivity contribution < 1.29 is 13.6 Å². The molecule has 0 amide bonds. The van der Waals surface area contributed by atoms with Gasteiger partial charge in [0.25, 0.3) is 0 Å². The number of aryl methyl sites for hydroxylation is 1. The summed E-state index contributed by atoms with van der Waals surface area (Å²) < 4.78 is 14.9. The largest absolute Gasteiger partial charge is 0.455 e. The second-order valence-corrected chi connectivity index (χ2v) is 23.5. The highest BCUT2D eigenvalue weighted by atomic mass is 28.3. The molecule has 278 valence electrons. The molecule has 9 aromatic rings. The Balaban J connectivity index is 1.38. The van der Waals surface area contributed by atoms with E-state index in [0.29, 0.717) is 0 Å². The topological polar surface area (TPSA) is 25.8 Å². The molecule has 2 aliphatic rings. The van der Waals surface area contributed by atoms with Gasteiger partial charge in [-0.1, -0.05) is 131 Å². The highest BCUT2D eigenvalue weighted by molar-refractivity contribution is 6.89. The minimum atomic E-state index is -1.85. The molecule has 1 atom stereocenters. The van der Waals surface area contributed by atoms with Gasteiger partial charge >= 0.3 is 11.5 Å². The lowest BCUT2D eigenvalue weighted by Crippen LogP contribution is -2.72. The van der Waals surface area contributed by atoms with Crippen LogP contribution < -0.4 is 14.3 Å². The molecule has 2 aliphatic heterocycles. The summed E-state index contributed by atoms with van der Waals surface area (Å²) >= 11 is 0. The Labute approximate surface area is 335 Å². The number of pyridine rings is 1. The van der Waals surface area contributed by atoms with E-state index in [-0.39, 0.29) is 5.41 Å². The number of fused-ring (bicyclic) bond motifs is 16. The Bertz CT molecular complexity index is 3140. The molecule has 0 saturated carbocycles. The summed E-state index contributed by atoms with van der Waals surface area (Å²) in [6.07, 6.45) is 3.61. The smallest absolute Gasteiger partial charge is 0.364 e. The molecule has 11 rings (SSSR count). The Morgan fingerprint density at radius 1 is 0.702 bits per heavy atom. The Hall–Kier alpha value is -6.04. The van der Waals surface area contributed by atoms with Crippen LogP contribution in [0.5, 0.6) is 0 Å². The van der Waals surface area contributed by atoms with Crippen LogP contribution in [0.2, 0.25) is 19.6 Å². The molecular weight excluding hydrogens is 711 g/mol. The number of para-hydroxylation sites is 4. The maximum absolute atomic E-state index is 7.08. The van der Waals surface area contributed by atoms with Gasteiger partial charge in [0.15, 0.2) is 22.8 Å². The van der Waals surface area contributed by atoms with Crippen molar-refractivity contribution in [3.63, 3.8) is 0 Å². The fourth-order valence-electron chi connectivity index (χ4n) is 10.2. The third-order valence-corrected chi connectivity index (χ3v) is 14.4. The number of nitrogens with zero attached hydrogens (tertiary/aromatic N) is 3. The van der Waals surface area contributed by atoms with Crippen molar-refractivity contribution in [3.8, 4) is 39.5 Å². The first-order valence-electron chi connectivity index (χ1n) is 20.3. The molecule has 1 unspecified atom stereocenters. The van der Waals surface area contributed by atoms with Crippen molar-refractivity contribution in [3.05, 3.63) is 168 Å². The molecule has 57 heavy (non-hydrogen) atoms. The van der Waals surface area contributed by atoms with Gasteiger partial charge in [0, 0.05) is 27.6 Å². The first-order chi connectivity index (χ1) is 27.4. The summed E-state index contributed by atoms with van der Waals surface area (Å²) in [5.41, 5.74) is 16.1. The number of imidazole rings is 1. The molecular formula is C52H47N3OSi+2. The van der Waals surface area contributed by atoms with Gasteiger partial charge in [0.05, 0.1) is 24.8 Å². The van der Waals surface area contributed by atoms with Gasteiger partial charge in [-0.25, -0.2) is 0 Å². The van der Waals surface area contributed by atoms with Crippen LogP contribution in [-0.2, 0) is 12.1 Å². The summed E-state index contributed by atoms with van der Waals surface area (Å²) in [6, 6.07) is 51.6. The lowest BCUT2D eigenvalue weighted by atomic mass is 9.87. The normalized spacial score (nSPS) is 15.8. The molecule has 3 aromatic heterocycles. The Morgan fingerprint density at radius 2 is 1.44 bits per heavy atom. The molecule has 4 nitrogen and oxygen atoms in total. The second kappa shape index (κ2) is 11.7. The average Bonchev–Trinajstić information content (AvgIpc) is 3.90. The van der Waals surface area contributed by atoms with Gasteiger partial charge in [-0.3, -0.25) is 0 Å². The van der Waals surface area contributed by atoms with Gasteiger partial charge < -0.3 is 4.42 Å². The molecule has 5 heterocycles. The van der Waals surface area contributed by atoms with E-state index in [2.05, 4.69) is 207 Å². The summed E-state index contributed by atoms with van der Waals surface area (Å²) in [6.45, 7) is 16.9. The van der Waals surface area contributed by atoms with E-state index >= 15 is 0 Å². The summed E-state index contributed by atoms with van der Waals surface area (Å²) in [7, 11) is -1.85. The quantitative estimate of drug-likeness (QED) is 0.130.